The van der Waals surface area contributed by atoms with Crippen molar-refractivity contribution < 1.29 is 4.79 Å². The second kappa shape index (κ2) is 10.3. The summed E-state index contributed by atoms with van der Waals surface area (Å²) in [6.45, 7) is 8.69. The Morgan fingerprint density at radius 2 is 1.71 bits per heavy atom. The molecular formula is C28H30N4OS. The van der Waals surface area contributed by atoms with Gasteiger partial charge in [0.15, 0.2) is 0 Å². The van der Waals surface area contributed by atoms with Crippen LogP contribution >= 0.6 is 11.3 Å². The number of benzene rings is 2. The van der Waals surface area contributed by atoms with Gasteiger partial charge >= 0.3 is 0 Å². The molecule has 3 N–H and O–H groups in total. The Hall–Kier alpha value is -3.35. The van der Waals surface area contributed by atoms with E-state index in [0.717, 1.165) is 45.1 Å². The summed E-state index contributed by atoms with van der Waals surface area (Å²) in [6, 6.07) is 18.2. The predicted octanol–water partition coefficient (Wildman–Crippen LogP) is 6.40. The second-order valence-corrected chi connectivity index (χ2v) is 9.76. The summed E-state index contributed by atoms with van der Waals surface area (Å²) in [5.41, 5.74) is 14.2. The zero-order chi connectivity index (χ0) is 24.2. The number of hydrogen-bond acceptors (Lipinski definition) is 5. The molecule has 0 radical (unpaired) electrons. The summed E-state index contributed by atoms with van der Waals surface area (Å²) in [6.07, 6.45) is 0.826. The first-order chi connectivity index (χ1) is 16.4. The van der Waals surface area contributed by atoms with Crippen molar-refractivity contribution in [2.75, 3.05) is 5.32 Å². The Kier molecular flexibility index (Phi) is 7.20. The molecule has 0 saturated heterocycles. The van der Waals surface area contributed by atoms with Crippen LogP contribution in [0.5, 0.6) is 0 Å². The third-order valence-corrected chi connectivity index (χ3v) is 6.60. The quantitative estimate of drug-likeness (QED) is 0.327. The minimum Gasteiger partial charge on any atom is -0.326 e. The molecule has 0 aliphatic heterocycles. The van der Waals surface area contributed by atoms with Gasteiger partial charge in [0.05, 0.1) is 11.4 Å². The molecular weight excluding hydrogens is 440 g/mol. The van der Waals surface area contributed by atoms with E-state index in [4.69, 9.17) is 10.7 Å². The molecule has 1 amide bonds. The van der Waals surface area contributed by atoms with Crippen molar-refractivity contribution in [1.82, 2.24) is 9.97 Å². The van der Waals surface area contributed by atoms with Gasteiger partial charge in [-0.05, 0) is 37.3 Å². The van der Waals surface area contributed by atoms with Gasteiger partial charge in [0.2, 0.25) is 0 Å². The van der Waals surface area contributed by atoms with Crippen LogP contribution in [0.2, 0.25) is 0 Å². The molecule has 0 atom stereocenters. The summed E-state index contributed by atoms with van der Waals surface area (Å²) in [5, 5.41) is 5.72. The summed E-state index contributed by atoms with van der Waals surface area (Å²) in [5.74, 6) is 0.186. The molecule has 2 aromatic heterocycles. The van der Waals surface area contributed by atoms with Gasteiger partial charge in [-0.3, -0.25) is 9.78 Å². The number of aryl methyl sites for hydroxylation is 2. The van der Waals surface area contributed by atoms with Crippen molar-refractivity contribution in [2.24, 2.45) is 11.7 Å². The number of nitrogens with one attached hydrogen (secondary N) is 1. The fraction of sp³-hybridized carbons (Fsp3) is 0.250. The fourth-order valence-corrected chi connectivity index (χ4v) is 4.84. The van der Waals surface area contributed by atoms with E-state index >= 15 is 0 Å². The van der Waals surface area contributed by atoms with Crippen LogP contribution in [0.3, 0.4) is 0 Å². The lowest BCUT2D eigenvalue weighted by molar-refractivity contribution is 0.102. The average molecular weight is 471 g/mol. The van der Waals surface area contributed by atoms with Crippen molar-refractivity contribution in [3.05, 3.63) is 88.2 Å². The van der Waals surface area contributed by atoms with Crippen molar-refractivity contribution in [3.63, 3.8) is 0 Å². The van der Waals surface area contributed by atoms with Gasteiger partial charge < -0.3 is 11.1 Å². The molecule has 34 heavy (non-hydrogen) atoms. The number of rotatable bonds is 7. The van der Waals surface area contributed by atoms with Gasteiger partial charge in [0, 0.05) is 28.7 Å². The fourth-order valence-electron chi connectivity index (χ4n) is 4.04. The third kappa shape index (κ3) is 5.08. The van der Waals surface area contributed by atoms with Crippen LogP contribution in [0, 0.1) is 19.8 Å². The van der Waals surface area contributed by atoms with Crippen molar-refractivity contribution >= 4 is 22.9 Å². The first-order valence-electron chi connectivity index (χ1n) is 11.5. The van der Waals surface area contributed by atoms with Crippen LogP contribution in [0.15, 0.2) is 60.0 Å². The Morgan fingerprint density at radius 3 is 2.35 bits per heavy atom. The Labute approximate surface area is 205 Å². The van der Waals surface area contributed by atoms with Gasteiger partial charge in [-0.2, -0.15) is 0 Å². The average Bonchev–Trinajstić information content (AvgIpc) is 3.32. The standard InChI is InChI=1S/C28H30N4OS/c1-17(2)14-23-22(15-29)25(20-12-10-18(3)11-13-20)26(19(4)30-23)32-27(33)24-16-34-28(31-24)21-8-6-5-7-9-21/h5-13,16-17H,14-15,29H2,1-4H3,(H,32,33). The van der Waals surface area contributed by atoms with Crippen LogP contribution in [0.25, 0.3) is 21.7 Å². The highest BCUT2D eigenvalue weighted by atomic mass is 32.1. The lowest BCUT2D eigenvalue weighted by Gasteiger charge is -2.21. The van der Waals surface area contributed by atoms with Gasteiger partial charge in [-0.1, -0.05) is 74.0 Å². The van der Waals surface area contributed by atoms with Crippen molar-refractivity contribution in [3.8, 4) is 21.7 Å². The minimum absolute atomic E-state index is 0.253. The number of carbonyl (C=O) groups is 1. The lowest BCUT2D eigenvalue weighted by atomic mass is 9.92. The third-order valence-electron chi connectivity index (χ3n) is 5.71. The molecule has 0 unspecified atom stereocenters. The second-order valence-electron chi connectivity index (χ2n) is 8.90. The largest absolute Gasteiger partial charge is 0.326 e. The summed E-state index contributed by atoms with van der Waals surface area (Å²) < 4.78 is 0. The number of nitrogens with two attached hydrogens (primary N) is 1. The van der Waals surface area contributed by atoms with Gasteiger partial charge in [0.1, 0.15) is 10.7 Å². The molecule has 6 heteroatoms. The van der Waals surface area contributed by atoms with E-state index in [0.29, 0.717) is 23.8 Å². The topological polar surface area (TPSA) is 80.9 Å². The molecule has 4 rings (SSSR count). The number of anilines is 1. The molecule has 0 fully saturated rings. The maximum Gasteiger partial charge on any atom is 0.275 e. The normalized spacial score (nSPS) is 11.1. The molecule has 174 valence electrons. The molecule has 4 aromatic rings. The zero-order valence-electron chi connectivity index (χ0n) is 20.1. The van der Waals surface area contributed by atoms with Gasteiger partial charge in [-0.25, -0.2) is 4.98 Å². The highest BCUT2D eigenvalue weighted by molar-refractivity contribution is 7.13. The van der Waals surface area contributed by atoms with Crippen LogP contribution in [0.4, 0.5) is 5.69 Å². The number of carbonyl (C=O) groups excluding carboxylic acids is 1. The van der Waals surface area contributed by atoms with Gasteiger partial charge in [0.25, 0.3) is 5.91 Å². The minimum atomic E-state index is -0.253. The van der Waals surface area contributed by atoms with Crippen LogP contribution in [0.1, 0.15) is 46.9 Å². The molecule has 2 aromatic carbocycles. The molecule has 5 nitrogen and oxygen atoms in total. The van der Waals surface area contributed by atoms with Crippen LogP contribution in [-0.4, -0.2) is 15.9 Å². The van der Waals surface area contributed by atoms with E-state index in [-0.39, 0.29) is 5.91 Å². The Balaban J connectivity index is 1.77. The zero-order valence-corrected chi connectivity index (χ0v) is 20.9. The molecule has 0 aliphatic rings. The number of thiazole rings is 1. The smallest absolute Gasteiger partial charge is 0.275 e. The molecule has 0 bridgehead atoms. The number of amides is 1. The lowest BCUT2D eigenvalue weighted by Crippen LogP contribution is -2.18. The molecule has 0 spiro atoms. The van der Waals surface area contributed by atoms with Crippen molar-refractivity contribution in [2.45, 2.75) is 40.7 Å². The number of pyridine rings is 1. The van der Waals surface area contributed by atoms with E-state index in [1.165, 1.54) is 16.9 Å². The highest BCUT2D eigenvalue weighted by Gasteiger charge is 2.22. The summed E-state index contributed by atoms with van der Waals surface area (Å²) in [7, 11) is 0. The summed E-state index contributed by atoms with van der Waals surface area (Å²) >= 11 is 1.46. The first kappa shape index (κ1) is 23.8. The number of nitrogens with zero attached hydrogens (tertiary/aromatic N) is 2. The molecule has 2 heterocycles. The first-order valence-corrected chi connectivity index (χ1v) is 12.4. The van der Waals surface area contributed by atoms with Crippen LogP contribution < -0.4 is 11.1 Å². The van der Waals surface area contributed by atoms with E-state index in [2.05, 4.69) is 55.3 Å². The van der Waals surface area contributed by atoms with E-state index in [1.807, 2.05) is 37.3 Å². The van der Waals surface area contributed by atoms with E-state index < -0.39 is 0 Å². The molecule has 0 saturated carbocycles. The van der Waals surface area contributed by atoms with Crippen LogP contribution in [-0.2, 0) is 13.0 Å². The Bertz CT molecular complexity index is 1290. The SMILES string of the molecule is Cc1ccc(-c2c(CN)c(CC(C)C)nc(C)c2NC(=O)c2csc(-c3ccccc3)n2)cc1. The predicted molar refractivity (Wildman–Crippen MR) is 141 cm³/mol. The highest BCUT2D eigenvalue weighted by Crippen LogP contribution is 2.36. The molecule has 0 aliphatic carbocycles. The van der Waals surface area contributed by atoms with E-state index in [1.54, 1.807) is 5.38 Å². The Morgan fingerprint density at radius 1 is 1.00 bits per heavy atom. The number of aromatic nitrogens is 2. The van der Waals surface area contributed by atoms with E-state index in [9.17, 15) is 4.79 Å². The monoisotopic (exact) mass is 470 g/mol. The number of hydrogen-bond donors (Lipinski definition) is 2. The maximum atomic E-state index is 13.3. The van der Waals surface area contributed by atoms with Crippen molar-refractivity contribution in [1.29, 1.82) is 0 Å². The summed E-state index contributed by atoms with van der Waals surface area (Å²) in [4.78, 5) is 22.7. The maximum absolute atomic E-state index is 13.3. The van der Waals surface area contributed by atoms with Gasteiger partial charge in [-0.15, -0.1) is 11.3 Å².